The van der Waals surface area contributed by atoms with Gasteiger partial charge in [-0.1, -0.05) is 0 Å². The van der Waals surface area contributed by atoms with Gasteiger partial charge in [-0.15, -0.1) is 11.3 Å². The maximum Gasteiger partial charge on any atom is 0.270 e. The van der Waals surface area contributed by atoms with E-state index in [1.807, 2.05) is 19.0 Å². The number of rotatable bonds is 7. The Kier molecular flexibility index (Phi) is 5.99. The summed E-state index contributed by atoms with van der Waals surface area (Å²) in [6.07, 6.45) is 0. The molecule has 6 heteroatoms. The second kappa shape index (κ2) is 7.32. The summed E-state index contributed by atoms with van der Waals surface area (Å²) in [4.78, 5) is 17.4. The lowest BCUT2D eigenvalue weighted by Crippen LogP contribution is -2.28. The highest BCUT2D eigenvalue weighted by atomic mass is 32.1. The minimum absolute atomic E-state index is 0.141. The summed E-state index contributed by atoms with van der Waals surface area (Å²) in [7, 11) is 3.99. The first-order valence-electron chi connectivity index (χ1n) is 5.09. The molecule has 0 aromatic carbocycles. The number of nitrogens with zero attached hydrogens (tertiary/aromatic N) is 2. The van der Waals surface area contributed by atoms with E-state index in [9.17, 15) is 4.79 Å². The predicted molar refractivity (Wildman–Crippen MR) is 63.8 cm³/mol. The van der Waals surface area contributed by atoms with Crippen LogP contribution in [-0.2, 0) is 4.74 Å². The van der Waals surface area contributed by atoms with Crippen molar-refractivity contribution in [3.05, 3.63) is 16.6 Å². The molecule has 0 aliphatic rings. The van der Waals surface area contributed by atoms with Crippen LogP contribution in [-0.4, -0.2) is 56.2 Å². The van der Waals surface area contributed by atoms with Crippen LogP contribution in [0.5, 0.6) is 0 Å². The number of thiazole rings is 1. The van der Waals surface area contributed by atoms with Crippen LogP contribution in [0.1, 0.15) is 10.5 Å². The zero-order valence-corrected chi connectivity index (χ0v) is 10.4. The summed E-state index contributed by atoms with van der Waals surface area (Å²) < 4.78 is 5.34. The fourth-order valence-electron chi connectivity index (χ4n) is 1.00. The van der Waals surface area contributed by atoms with Crippen LogP contribution < -0.4 is 5.32 Å². The lowest BCUT2D eigenvalue weighted by molar-refractivity contribution is 0.0896. The van der Waals surface area contributed by atoms with Gasteiger partial charge in [0.25, 0.3) is 5.91 Å². The Morgan fingerprint density at radius 1 is 1.56 bits per heavy atom. The molecule has 0 unspecified atom stereocenters. The summed E-state index contributed by atoms with van der Waals surface area (Å²) in [5.41, 5.74) is 2.11. The number of ether oxygens (including phenoxy) is 1. The molecule has 0 spiro atoms. The third-order valence-corrected chi connectivity index (χ3v) is 2.47. The van der Waals surface area contributed by atoms with Crippen LogP contribution in [0.2, 0.25) is 0 Å². The highest BCUT2D eigenvalue weighted by Crippen LogP contribution is 1.99. The predicted octanol–water partition coefficient (Wildman–Crippen LogP) is 0.451. The average Bonchev–Trinajstić information content (AvgIpc) is 2.75. The molecular formula is C10H17N3O2S. The number of hydrogen-bond donors (Lipinski definition) is 1. The number of nitrogens with one attached hydrogen (secondary N) is 1. The van der Waals surface area contributed by atoms with Crippen molar-refractivity contribution < 1.29 is 9.53 Å². The van der Waals surface area contributed by atoms with Gasteiger partial charge in [0.1, 0.15) is 5.69 Å². The zero-order valence-electron chi connectivity index (χ0n) is 9.60. The number of carbonyl (C=O) groups is 1. The second-order valence-electron chi connectivity index (χ2n) is 3.55. The van der Waals surface area contributed by atoms with E-state index in [1.165, 1.54) is 11.3 Å². The van der Waals surface area contributed by atoms with Gasteiger partial charge < -0.3 is 15.0 Å². The van der Waals surface area contributed by atoms with E-state index in [2.05, 4.69) is 10.3 Å². The lowest BCUT2D eigenvalue weighted by Gasteiger charge is -2.09. The smallest absolute Gasteiger partial charge is 0.270 e. The van der Waals surface area contributed by atoms with Crippen LogP contribution in [0.15, 0.2) is 10.9 Å². The monoisotopic (exact) mass is 243 g/mol. The Bertz CT molecular complexity index is 301. The summed E-state index contributed by atoms with van der Waals surface area (Å²) in [5.74, 6) is -0.141. The SMILES string of the molecule is CN(C)CCOCCNC(=O)c1cscn1. The van der Waals surface area contributed by atoms with Gasteiger partial charge >= 0.3 is 0 Å². The van der Waals surface area contributed by atoms with Crippen LogP contribution in [0.25, 0.3) is 0 Å². The first-order valence-corrected chi connectivity index (χ1v) is 6.03. The largest absolute Gasteiger partial charge is 0.378 e. The minimum atomic E-state index is -0.141. The summed E-state index contributed by atoms with van der Waals surface area (Å²) in [5, 5.41) is 4.46. The van der Waals surface area contributed by atoms with Crippen LogP contribution in [0, 0.1) is 0 Å². The first-order chi connectivity index (χ1) is 7.70. The molecule has 0 radical (unpaired) electrons. The lowest BCUT2D eigenvalue weighted by atomic mass is 10.4. The van der Waals surface area contributed by atoms with Gasteiger partial charge in [0.15, 0.2) is 0 Å². The summed E-state index contributed by atoms with van der Waals surface area (Å²) >= 11 is 1.41. The first kappa shape index (κ1) is 13.1. The minimum Gasteiger partial charge on any atom is -0.378 e. The number of likely N-dealkylation sites (N-methyl/N-ethyl adjacent to an activating group) is 1. The summed E-state index contributed by atoms with van der Waals surface area (Å²) in [6, 6.07) is 0. The Labute approximate surface area is 99.4 Å². The fraction of sp³-hybridized carbons (Fsp3) is 0.600. The van der Waals surface area contributed by atoms with Crippen molar-refractivity contribution in [1.82, 2.24) is 15.2 Å². The molecule has 1 N–H and O–H groups in total. The van der Waals surface area contributed by atoms with Crippen LogP contribution in [0.4, 0.5) is 0 Å². The molecule has 1 aromatic heterocycles. The van der Waals surface area contributed by atoms with E-state index < -0.39 is 0 Å². The quantitative estimate of drug-likeness (QED) is 0.707. The molecule has 0 fully saturated rings. The van der Waals surface area contributed by atoms with Crippen molar-refractivity contribution in [2.75, 3.05) is 40.4 Å². The standard InChI is InChI=1S/C10H17N3O2S/c1-13(2)4-6-15-5-3-11-10(14)9-7-16-8-12-9/h7-8H,3-6H2,1-2H3,(H,11,14). The molecule has 16 heavy (non-hydrogen) atoms. The molecule has 1 amide bonds. The normalized spacial score (nSPS) is 10.7. The summed E-state index contributed by atoms with van der Waals surface area (Å²) in [6.45, 7) is 2.62. The van der Waals surface area contributed by atoms with Gasteiger partial charge in [-0.05, 0) is 14.1 Å². The molecule has 0 aliphatic carbocycles. The molecular weight excluding hydrogens is 226 g/mol. The van der Waals surface area contributed by atoms with Crippen molar-refractivity contribution in [2.24, 2.45) is 0 Å². The molecule has 1 aromatic rings. The molecule has 0 saturated carbocycles. The fourth-order valence-corrected chi connectivity index (χ4v) is 1.53. The van der Waals surface area contributed by atoms with Crippen LogP contribution >= 0.6 is 11.3 Å². The number of aromatic nitrogens is 1. The molecule has 0 bridgehead atoms. The van der Waals surface area contributed by atoms with E-state index >= 15 is 0 Å². The van der Waals surface area contributed by atoms with E-state index in [4.69, 9.17) is 4.74 Å². The number of amides is 1. The third-order valence-electron chi connectivity index (χ3n) is 1.88. The molecule has 1 rings (SSSR count). The Hall–Kier alpha value is -0.980. The van der Waals surface area contributed by atoms with Crippen LogP contribution in [0.3, 0.4) is 0 Å². The van der Waals surface area contributed by atoms with Crippen molar-refractivity contribution >= 4 is 17.2 Å². The zero-order chi connectivity index (χ0) is 11.8. The average molecular weight is 243 g/mol. The van der Waals surface area contributed by atoms with Gasteiger partial charge in [-0.3, -0.25) is 4.79 Å². The Balaban J connectivity index is 2.01. The van der Waals surface area contributed by atoms with E-state index in [0.717, 1.165) is 6.54 Å². The molecule has 0 atom stereocenters. The van der Waals surface area contributed by atoms with Gasteiger partial charge in [0.2, 0.25) is 0 Å². The van der Waals surface area contributed by atoms with Gasteiger partial charge in [0.05, 0.1) is 18.7 Å². The maximum absolute atomic E-state index is 11.4. The second-order valence-corrected chi connectivity index (χ2v) is 4.26. The highest BCUT2D eigenvalue weighted by Gasteiger charge is 2.05. The number of hydrogen-bond acceptors (Lipinski definition) is 5. The van der Waals surface area contributed by atoms with E-state index in [0.29, 0.717) is 25.5 Å². The molecule has 90 valence electrons. The van der Waals surface area contributed by atoms with Crippen molar-refractivity contribution in [3.8, 4) is 0 Å². The van der Waals surface area contributed by atoms with Crippen molar-refractivity contribution in [1.29, 1.82) is 0 Å². The molecule has 5 nitrogen and oxygen atoms in total. The molecule has 1 heterocycles. The van der Waals surface area contributed by atoms with Crippen molar-refractivity contribution in [2.45, 2.75) is 0 Å². The molecule has 0 aliphatic heterocycles. The maximum atomic E-state index is 11.4. The highest BCUT2D eigenvalue weighted by molar-refractivity contribution is 7.07. The third kappa shape index (κ3) is 5.20. The number of carbonyl (C=O) groups excluding carboxylic acids is 1. The van der Waals surface area contributed by atoms with Gasteiger partial charge in [-0.25, -0.2) is 4.98 Å². The Morgan fingerprint density at radius 2 is 2.38 bits per heavy atom. The van der Waals surface area contributed by atoms with Crippen molar-refractivity contribution in [3.63, 3.8) is 0 Å². The topological polar surface area (TPSA) is 54.5 Å². The molecule has 0 saturated heterocycles. The Morgan fingerprint density at radius 3 is 3.00 bits per heavy atom. The van der Waals surface area contributed by atoms with E-state index in [1.54, 1.807) is 10.9 Å². The van der Waals surface area contributed by atoms with E-state index in [-0.39, 0.29) is 5.91 Å². The van der Waals surface area contributed by atoms with Gasteiger partial charge in [-0.2, -0.15) is 0 Å². The van der Waals surface area contributed by atoms with Gasteiger partial charge in [0, 0.05) is 18.5 Å².